The number of nitrogens with one attached hydrogen (secondary N) is 2. The number of hydrogen-bond acceptors (Lipinski definition) is 4. The third-order valence-electron chi connectivity index (χ3n) is 3.52. The lowest BCUT2D eigenvalue weighted by molar-refractivity contribution is 0.354. The minimum absolute atomic E-state index is 0. The lowest BCUT2D eigenvalue weighted by Crippen LogP contribution is -2.38. The molecule has 0 bridgehead atoms. The molecule has 0 spiro atoms. The molecular formula is C18H32IN3O2S. The molecule has 25 heavy (non-hydrogen) atoms. The Balaban J connectivity index is 0.00000576. The van der Waals surface area contributed by atoms with Crippen LogP contribution in [0.4, 0.5) is 0 Å². The van der Waals surface area contributed by atoms with Crippen LogP contribution in [0.1, 0.15) is 25.3 Å². The van der Waals surface area contributed by atoms with Crippen molar-refractivity contribution >= 4 is 41.7 Å². The number of thioether (sulfide) groups is 1. The maximum absolute atomic E-state index is 5.34. The van der Waals surface area contributed by atoms with E-state index in [-0.39, 0.29) is 24.0 Å². The van der Waals surface area contributed by atoms with E-state index in [1.165, 1.54) is 17.7 Å². The fourth-order valence-electron chi connectivity index (χ4n) is 2.25. The number of aliphatic imine (C=N–C) groups is 1. The second-order valence-electron chi connectivity index (χ2n) is 5.33. The van der Waals surface area contributed by atoms with Gasteiger partial charge in [-0.2, -0.15) is 11.8 Å². The molecule has 0 amide bonds. The predicted octanol–water partition coefficient (Wildman–Crippen LogP) is 3.56. The fraction of sp³-hybridized carbons (Fsp3) is 0.611. The molecule has 0 aliphatic carbocycles. The molecule has 0 aliphatic rings. The number of ether oxygens (including phenoxy) is 2. The molecule has 1 aromatic rings. The van der Waals surface area contributed by atoms with Crippen LogP contribution in [0.5, 0.6) is 11.5 Å². The SMILES string of the molecule is CCNC(=NCCCCSC)NCCc1ccc(OC)c(OC)c1.I. The summed E-state index contributed by atoms with van der Waals surface area (Å²) in [4.78, 5) is 4.62. The molecule has 0 aromatic heterocycles. The lowest BCUT2D eigenvalue weighted by atomic mass is 10.1. The van der Waals surface area contributed by atoms with Crippen LogP contribution >= 0.6 is 35.7 Å². The molecule has 7 heteroatoms. The van der Waals surface area contributed by atoms with Crippen LogP contribution in [-0.4, -0.2) is 51.8 Å². The van der Waals surface area contributed by atoms with Crippen molar-refractivity contribution in [2.24, 2.45) is 4.99 Å². The summed E-state index contributed by atoms with van der Waals surface area (Å²) in [6.45, 7) is 4.64. The Kier molecular flexibility index (Phi) is 14.9. The highest BCUT2D eigenvalue weighted by atomic mass is 127. The molecule has 0 unspecified atom stereocenters. The second kappa shape index (κ2) is 15.4. The van der Waals surface area contributed by atoms with Crippen molar-refractivity contribution in [3.8, 4) is 11.5 Å². The number of hydrogen-bond donors (Lipinski definition) is 2. The van der Waals surface area contributed by atoms with Crippen LogP contribution in [0.2, 0.25) is 0 Å². The van der Waals surface area contributed by atoms with Gasteiger partial charge in [0.15, 0.2) is 17.5 Å². The van der Waals surface area contributed by atoms with E-state index in [0.29, 0.717) is 0 Å². The Morgan fingerprint density at radius 1 is 1.12 bits per heavy atom. The topological polar surface area (TPSA) is 54.9 Å². The molecule has 0 radical (unpaired) electrons. The standard InChI is InChI=1S/C18H31N3O2S.HI/c1-5-19-18(20-11-6-7-13-24-4)21-12-10-15-8-9-16(22-2)17(14-15)23-3;/h8-9,14H,5-7,10-13H2,1-4H3,(H2,19,20,21);1H. The Hall–Kier alpha value is -0.830. The molecule has 0 saturated carbocycles. The molecule has 0 saturated heterocycles. The van der Waals surface area contributed by atoms with Gasteiger partial charge in [-0.05, 0) is 55.9 Å². The zero-order chi connectivity index (χ0) is 17.6. The number of unbranched alkanes of at least 4 members (excludes halogenated alkanes) is 1. The summed E-state index contributed by atoms with van der Waals surface area (Å²) in [6, 6.07) is 6.03. The number of nitrogens with zero attached hydrogens (tertiary/aromatic N) is 1. The van der Waals surface area contributed by atoms with Crippen LogP contribution in [-0.2, 0) is 6.42 Å². The van der Waals surface area contributed by atoms with Crippen molar-refractivity contribution < 1.29 is 9.47 Å². The van der Waals surface area contributed by atoms with Crippen molar-refractivity contribution in [1.29, 1.82) is 0 Å². The largest absolute Gasteiger partial charge is 0.493 e. The van der Waals surface area contributed by atoms with E-state index in [4.69, 9.17) is 9.47 Å². The molecule has 2 N–H and O–H groups in total. The Labute approximate surface area is 173 Å². The first-order chi connectivity index (χ1) is 11.7. The van der Waals surface area contributed by atoms with Gasteiger partial charge in [-0.1, -0.05) is 6.07 Å². The van der Waals surface area contributed by atoms with Crippen LogP contribution in [0.3, 0.4) is 0 Å². The Morgan fingerprint density at radius 2 is 1.88 bits per heavy atom. The average molecular weight is 481 g/mol. The van der Waals surface area contributed by atoms with E-state index in [2.05, 4.69) is 34.9 Å². The Morgan fingerprint density at radius 3 is 2.52 bits per heavy atom. The van der Waals surface area contributed by atoms with Crippen LogP contribution in [0.25, 0.3) is 0 Å². The van der Waals surface area contributed by atoms with Crippen molar-refractivity contribution in [2.45, 2.75) is 26.2 Å². The summed E-state index contributed by atoms with van der Waals surface area (Å²) in [7, 11) is 3.31. The smallest absolute Gasteiger partial charge is 0.191 e. The van der Waals surface area contributed by atoms with Crippen LogP contribution in [0, 0.1) is 0 Å². The normalized spacial score (nSPS) is 10.8. The van der Waals surface area contributed by atoms with Gasteiger partial charge in [0.05, 0.1) is 14.2 Å². The molecule has 1 aromatic carbocycles. The quantitative estimate of drug-likeness (QED) is 0.219. The monoisotopic (exact) mass is 481 g/mol. The summed E-state index contributed by atoms with van der Waals surface area (Å²) in [5.41, 5.74) is 1.20. The molecule has 1 rings (SSSR count). The van der Waals surface area contributed by atoms with E-state index in [0.717, 1.165) is 49.9 Å². The van der Waals surface area contributed by atoms with Crippen molar-refractivity contribution in [3.05, 3.63) is 23.8 Å². The van der Waals surface area contributed by atoms with Gasteiger partial charge >= 0.3 is 0 Å². The van der Waals surface area contributed by atoms with Gasteiger partial charge in [-0.3, -0.25) is 4.99 Å². The van der Waals surface area contributed by atoms with Gasteiger partial charge in [0.25, 0.3) is 0 Å². The summed E-state index contributed by atoms with van der Waals surface area (Å²) in [5.74, 6) is 3.62. The highest BCUT2D eigenvalue weighted by molar-refractivity contribution is 14.0. The van der Waals surface area contributed by atoms with Crippen molar-refractivity contribution in [3.63, 3.8) is 0 Å². The zero-order valence-electron chi connectivity index (χ0n) is 15.8. The van der Waals surface area contributed by atoms with Gasteiger partial charge in [0.2, 0.25) is 0 Å². The molecule has 144 valence electrons. The summed E-state index contributed by atoms with van der Waals surface area (Å²) in [6.07, 6.45) is 5.39. The van der Waals surface area contributed by atoms with Gasteiger partial charge < -0.3 is 20.1 Å². The number of halogens is 1. The predicted molar refractivity (Wildman–Crippen MR) is 120 cm³/mol. The van der Waals surface area contributed by atoms with Gasteiger partial charge in [-0.25, -0.2) is 0 Å². The number of methoxy groups -OCH3 is 2. The first-order valence-electron chi connectivity index (χ1n) is 8.47. The highest BCUT2D eigenvalue weighted by Crippen LogP contribution is 2.27. The molecule has 0 aliphatic heterocycles. The number of benzene rings is 1. The van der Waals surface area contributed by atoms with Crippen molar-refractivity contribution in [2.75, 3.05) is 45.9 Å². The summed E-state index contributed by atoms with van der Waals surface area (Å²) >= 11 is 1.89. The minimum atomic E-state index is 0. The zero-order valence-corrected chi connectivity index (χ0v) is 18.9. The molecular weight excluding hydrogens is 449 g/mol. The fourth-order valence-corrected chi connectivity index (χ4v) is 2.74. The molecule has 0 fully saturated rings. The minimum Gasteiger partial charge on any atom is -0.493 e. The van der Waals surface area contributed by atoms with E-state index >= 15 is 0 Å². The van der Waals surface area contributed by atoms with Gasteiger partial charge in [0, 0.05) is 19.6 Å². The second-order valence-corrected chi connectivity index (χ2v) is 6.31. The molecule has 0 heterocycles. The summed E-state index contributed by atoms with van der Waals surface area (Å²) < 4.78 is 10.6. The molecule has 0 atom stereocenters. The van der Waals surface area contributed by atoms with Crippen LogP contribution in [0.15, 0.2) is 23.2 Å². The van der Waals surface area contributed by atoms with Crippen LogP contribution < -0.4 is 20.1 Å². The third kappa shape index (κ3) is 10.0. The maximum atomic E-state index is 5.34. The third-order valence-corrected chi connectivity index (χ3v) is 4.22. The van der Waals surface area contributed by atoms with E-state index in [1.54, 1.807) is 14.2 Å². The first-order valence-corrected chi connectivity index (χ1v) is 9.86. The number of rotatable bonds is 11. The first kappa shape index (κ1) is 24.2. The Bertz CT molecular complexity index is 501. The highest BCUT2D eigenvalue weighted by Gasteiger charge is 2.04. The van der Waals surface area contributed by atoms with E-state index in [1.807, 2.05) is 23.9 Å². The van der Waals surface area contributed by atoms with E-state index in [9.17, 15) is 0 Å². The van der Waals surface area contributed by atoms with Gasteiger partial charge in [0.1, 0.15) is 0 Å². The lowest BCUT2D eigenvalue weighted by Gasteiger charge is -2.12. The van der Waals surface area contributed by atoms with Crippen molar-refractivity contribution in [1.82, 2.24) is 10.6 Å². The average Bonchev–Trinajstić information content (AvgIpc) is 2.61. The van der Waals surface area contributed by atoms with E-state index < -0.39 is 0 Å². The number of guanidine groups is 1. The summed E-state index contributed by atoms with van der Waals surface area (Å²) in [5, 5.41) is 6.68. The maximum Gasteiger partial charge on any atom is 0.191 e. The van der Waals surface area contributed by atoms with Gasteiger partial charge in [-0.15, -0.1) is 24.0 Å². The molecule has 5 nitrogen and oxygen atoms in total.